The Balaban J connectivity index is 1.46. The minimum atomic E-state index is 0.395. The molecule has 4 heteroatoms. The molecule has 3 nitrogen and oxygen atoms in total. The predicted octanol–water partition coefficient (Wildman–Crippen LogP) is 3.44. The molecule has 0 atom stereocenters. The Hall–Kier alpha value is -0.580. The van der Waals surface area contributed by atoms with E-state index in [1.165, 1.54) is 38.6 Å². The number of hydrogen-bond donors (Lipinski definition) is 1. The van der Waals surface area contributed by atoms with Gasteiger partial charge in [-0.25, -0.2) is 0 Å². The van der Waals surface area contributed by atoms with Crippen molar-refractivity contribution in [2.75, 3.05) is 32.8 Å². The van der Waals surface area contributed by atoms with Crippen LogP contribution in [0.2, 0.25) is 0 Å². The van der Waals surface area contributed by atoms with Gasteiger partial charge in [-0.05, 0) is 31.0 Å². The second-order valence-electron chi connectivity index (χ2n) is 6.35. The van der Waals surface area contributed by atoms with E-state index in [-0.39, 0.29) is 0 Å². The zero-order valence-corrected chi connectivity index (χ0v) is 14.2. The summed E-state index contributed by atoms with van der Waals surface area (Å²) in [7, 11) is 0. The minimum Gasteiger partial charge on any atom is -0.492 e. The maximum atomic E-state index is 5.87. The highest BCUT2D eigenvalue weighted by Gasteiger charge is 2.35. The summed E-state index contributed by atoms with van der Waals surface area (Å²) >= 11 is 3.48. The Morgan fingerprint density at radius 2 is 2.10 bits per heavy atom. The lowest BCUT2D eigenvalue weighted by Gasteiger charge is -2.46. The lowest BCUT2D eigenvalue weighted by molar-refractivity contribution is 0.0880. The average molecular weight is 353 g/mol. The van der Waals surface area contributed by atoms with Crippen molar-refractivity contribution >= 4 is 15.9 Å². The van der Waals surface area contributed by atoms with Crippen LogP contribution in [0.5, 0.6) is 5.75 Å². The van der Waals surface area contributed by atoms with Gasteiger partial charge < -0.3 is 10.1 Å². The summed E-state index contributed by atoms with van der Waals surface area (Å²) in [5.74, 6) is 0.951. The van der Waals surface area contributed by atoms with Crippen molar-refractivity contribution in [3.05, 3.63) is 28.7 Å². The van der Waals surface area contributed by atoms with Crippen LogP contribution in [0.25, 0.3) is 0 Å². The first kappa shape index (κ1) is 15.3. The van der Waals surface area contributed by atoms with Gasteiger partial charge in [0.05, 0.1) is 0 Å². The molecule has 3 rings (SSSR count). The fourth-order valence-electron chi connectivity index (χ4n) is 3.65. The molecular formula is C17H25BrN2O. The van der Waals surface area contributed by atoms with Crippen molar-refractivity contribution in [2.24, 2.45) is 0 Å². The Kier molecular flexibility index (Phi) is 5.19. The first-order chi connectivity index (χ1) is 10.3. The fraction of sp³-hybridized carbons (Fsp3) is 0.647. The molecule has 1 aliphatic heterocycles. The average Bonchev–Trinajstić information content (AvgIpc) is 2.48. The van der Waals surface area contributed by atoms with Crippen molar-refractivity contribution in [2.45, 2.75) is 37.6 Å². The summed E-state index contributed by atoms with van der Waals surface area (Å²) in [4.78, 5) is 2.57. The first-order valence-corrected chi connectivity index (χ1v) is 8.91. The van der Waals surface area contributed by atoms with E-state index >= 15 is 0 Å². The predicted molar refractivity (Wildman–Crippen MR) is 89.9 cm³/mol. The molecule has 1 spiro atoms. The molecule has 0 amide bonds. The van der Waals surface area contributed by atoms with E-state index in [1.807, 2.05) is 24.3 Å². The number of hydrogen-bond acceptors (Lipinski definition) is 3. The van der Waals surface area contributed by atoms with Gasteiger partial charge in [0.2, 0.25) is 0 Å². The molecule has 21 heavy (non-hydrogen) atoms. The molecule has 1 saturated carbocycles. The molecule has 0 bridgehead atoms. The van der Waals surface area contributed by atoms with Crippen molar-refractivity contribution < 1.29 is 4.74 Å². The number of piperazine rings is 1. The summed E-state index contributed by atoms with van der Waals surface area (Å²) in [5.41, 5.74) is 0.395. The number of halogens is 1. The van der Waals surface area contributed by atoms with Crippen LogP contribution < -0.4 is 10.1 Å². The van der Waals surface area contributed by atoms with Gasteiger partial charge in [0, 0.05) is 36.2 Å². The molecule has 1 aromatic rings. The normalized spacial score (nSPS) is 22.3. The van der Waals surface area contributed by atoms with Gasteiger partial charge in [-0.1, -0.05) is 41.3 Å². The highest BCUT2D eigenvalue weighted by Crippen LogP contribution is 2.30. The second kappa shape index (κ2) is 7.12. The van der Waals surface area contributed by atoms with Crippen LogP contribution in [-0.4, -0.2) is 43.2 Å². The van der Waals surface area contributed by atoms with E-state index in [0.717, 1.165) is 36.5 Å². The number of rotatable bonds is 4. The Morgan fingerprint density at radius 3 is 2.90 bits per heavy atom. The number of nitrogens with one attached hydrogen (secondary N) is 1. The van der Waals surface area contributed by atoms with Crippen molar-refractivity contribution in [1.29, 1.82) is 0 Å². The van der Waals surface area contributed by atoms with Gasteiger partial charge in [0.1, 0.15) is 12.4 Å². The Labute approximate surface area is 136 Å². The smallest absolute Gasteiger partial charge is 0.120 e. The third kappa shape index (κ3) is 4.21. The molecule has 0 radical (unpaired) electrons. The molecule has 2 aliphatic rings. The molecule has 1 aromatic carbocycles. The third-order valence-electron chi connectivity index (χ3n) is 4.74. The summed E-state index contributed by atoms with van der Waals surface area (Å²) in [5, 5.41) is 3.79. The molecule has 1 N–H and O–H groups in total. The first-order valence-electron chi connectivity index (χ1n) is 8.12. The molecule has 1 heterocycles. The molecule has 0 unspecified atom stereocenters. The van der Waals surface area contributed by atoms with Crippen molar-refractivity contribution in [3.63, 3.8) is 0 Å². The van der Waals surface area contributed by atoms with Gasteiger partial charge in [0.25, 0.3) is 0 Å². The van der Waals surface area contributed by atoms with E-state index in [2.05, 4.69) is 26.1 Å². The standard InChI is InChI=1S/C17H25BrN2O/c18-15-5-4-6-16(13-15)21-12-11-20-10-9-19-17(14-20)7-2-1-3-8-17/h4-6,13,19H,1-3,7-12,14H2. The van der Waals surface area contributed by atoms with Crippen LogP contribution >= 0.6 is 15.9 Å². The van der Waals surface area contributed by atoms with Crippen LogP contribution in [0.1, 0.15) is 32.1 Å². The zero-order valence-electron chi connectivity index (χ0n) is 12.6. The Morgan fingerprint density at radius 1 is 1.24 bits per heavy atom. The monoisotopic (exact) mass is 352 g/mol. The highest BCUT2D eigenvalue weighted by molar-refractivity contribution is 9.10. The zero-order chi connectivity index (χ0) is 14.5. The summed E-state index contributed by atoms with van der Waals surface area (Å²) < 4.78 is 6.95. The van der Waals surface area contributed by atoms with Gasteiger partial charge in [0.15, 0.2) is 0 Å². The van der Waals surface area contributed by atoms with Gasteiger partial charge in [-0.2, -0.15) is 0 Å². The van der Waals surface area contributed by atoms with Crippen molar-refractivity contribution in [3.8, 4) is 5.75 Å². The van der Waals surface area contributed by atoms with Crippen LogP contribution in [0.3, 0.4) is 0 Å². The summed E-state index contributed by atoms with van der Waals surface area (Å²) in [6, 6.07) is 8.09. The Bertz CT molecular complexity index is 454. The van der Waals surface area contributed by atoms with E-state index in [9.17, 15) is 0 Å². The van der Waals surface area contributed by atoms with Crippen LogP contribution in [0.15, 0.2) is 28.7 Å². The summed E-state index contributed by atoms with van der Waals surface area (Å²) in [6.45, 7) is 5.25. The minimum absolute atomic E-state index is 0.395. The highest BCUT2D eigenvalue weighted by atomic mass is 79.9. The van der Waals surface area contributed by atoms with Gasteiger partial charge >= 0.3 is 0 Å². The largest absolute Gasteiger partial charge is 0.492 e. The van der Waals surface area contributed by atoms with Gasteiger partial charge in [-0.15, -0.1) is 0 Å². The van der Waals surface area contributed by atoms with E-state index in [4.69, 9.17) is 4.74 Å². The second-order valence-corrected chi connectivity index (χ2v) is 7.27. The molecule has 1 aliphatic carbocycles. The number of ether oxygens (including phenoxy) is 1. The third-order valence-corrected chi connectivity index (χ3v) is 5.23. The molecule has 2 fully saturated rings. The quantitative estimate of drug-likeness (QED) is 0.898. The molecular weight excluding hydrogens is 328 g/mol. The van der Waals surface area contributed by atoms with Crippen LogP contribution in [0, 0.1) is 0 Å². The van der Waals surface area contributed by atoms with E-state index in [0.29, 0.717) is 5.54 Å². The fourth-order valence-corrected chi connectivity index (χ4v) is 4.02. The van der Waals surface area contributed by atoms with Crippen LogP contribution in [-0.2, 0) is 0 Å². The SMILES string of the molecule is Brc1cccc(OCCN2CCNC3(CCCCC3)C2)c1. The van der Waals surface area contributed by atoms with Crippen LogP contribution in [0.4, 0.5) is 0 Å². The van der Waals surface area contributed by atoms with Crippen molar-refractivity contribution in [1.82, 2.24) is 10.2 Å². The summed E-state index contributed by atoms with van der Waals surface area (Å²) in [6.07, 6.45) is 6.87. The number of nitrogens with zero attached hydrogens (tertiary/aromatic N) is 1. The van der Waals surface area contributed by atoms with Gasteiger partial charge in [-0.3, -0.25) is 4.90 Å². The molecule has 1 saturated heterocycles. The number of benzene rings is 1. The van der Waals surface area contributed by atoms with E-state index < -0.39 is 0 Å². The topological polar surface area (TPSA) is 24.5 Å². The maximum absolute atomic E-state index is 5.87. The lowest BCUT2D eigenvalue weighted by Crippen LogP contribution is -2.61. The maximum Gasteiger partial charge on any atom is 0.120 e. The van der Waals surface area contributed by atoms with E-state index in [1.54, 1.807) is 0 Å². The molecule has 116 valence electrons. The lowest BCUT2D eigenvalue weighted by atomic mass is 9.80. The molecule has 0 aromatic heterocycles.